The highest BCUT2D eigenvalue weighted by Crippen LogP contribution is 2.32. The van der Waals surface area contributed by atoms with Gasteiger partial charge in [0.15, 0.2) is 0 Å². The summed E-state index contributed by atoms with van der Waals surface area (Å²) in [5.41, 5.74) is 2.23. The van der Waals surface area contributed by atoms with E-state index in [0.29, 0.717) is 5.02 Å². The molecule has 18 heavy (non-hydrogen) atoms. The Morgan fingerprint density at radius 2 is 1.94 bits per heavy atom. The highest BCUT2D eigenvalue weighted by atomic mass is 35.5. The molecule has 0 saturated heterocycles. The van der Waals surface area contributed by atoms with Crippen LogP contribution in [-0.2, 0) is 6.42 Å². The van der Waals surface area contributed by atoms with Gasteiger partial charge in [-0.05, 0) is 35.4 Å². The summed E-state index contributed by atoms with van der Waals surface area (Å²) in [6, 6.07) is 9.99. The lowest BCUT2D eigenvalue weighted by Gasteiger charge is -2.10. The number of unbranched alkanes of at least 4 members (excludes halogenated alkanes) is 1. The minimum absolute atomic E-state index is 0.613. The van der Waals surface area contributed by atoms with Crippen LogP contribution in [0.2, 0.25) is 5.02 Å². The molecule has 0 bridgehead atoms. The molecule has 0 amide bonds. The second-order valence-corrected chi connectivity index (χ2v) is 5.74. The van der Waals surface area contributed by atoms with Gasteiger partial charge in [0.1, 0.15) is 6.10 Å². The Labute approximate surface area is 117 Å². The fraction of sp³-hybridized carbons (Fsp3) is 0.333. The number of aryl methyl sites for hydroxylation is 1. The molecule has 0 aliphatic rings. The lowest BCUT2D eigenvalue weighted by atomic mass is 10.0. The van der Waals surface area contributed by atoms with E-state index in [1.807, 2.05) is 23.6 Å². The van der Waals surface area contributed by atoms with Crippen molar-refractivity contribution in [1.29, 1.82) is 0 Å². The Kier molecular flexibility index (Phi) is 4.81. The van der Waals surface area contributed by atoms with Gasteiger partial charge in [0.2, 0.25) is 0 Å². The van der Waals surface area contributed by atoms with Crippen LogP contribution in [0.3, 0.4) is 0 Å². The predicted molar refractivity (Wildman–Crippen MR) is 78.4 cm³/mol. The van der Waals surface area contributed by atoms with Crippen LogP contribution in [-0.4, -0.2) is 5.11 Å². The summed E-state index contributed by atoms with van der Waals surface area (Å²) in [4.78, 5) is 0.818. The first-order chi connectivity index (χ1) is 8.72. The molecule has 2 rings (SSSR count). The monoisotopic (exact) mass is 280 g/mol. The molecule has 0 aliphatic carbocycles. The van der Waals surface area contributed by atoms with Crippen molar-refractivity contribution in [2.24, 2.45) is 0 Å². The van der Waals surface area contributed by atoms with Gasteiger partial charge in [-0.3, -0.25) is 0 Å². The quantitative estimate of drug-likeness (QED) is 0.832. The van der Waals surface area contributed by atoms with Gasteiger partial charge in [-0.15, -0.1) is 11.3 Å². The summed E-state index contributed by atoms with van der Waals surface area (Å²) in [5.74, 6) is 0. The Balaban J connectivity index is 2.12. The number of aliphatic hydroxyl groups excluding tert-OH is 1. The molecule has 0 spiro atoms. The minimum Gasteiger partial charge on any atom is -0.383 e. The van der Waals surface area contributed by atoms with Crippen molar-refractivity contribution < 1.29 is 5.11 Å². The summed E-state index contributed by atoms with van der Waals surface area (Å²) in [6.45, 7) is 2.19. The standard InChI is InChI=1S/C15H17ClOS/c1-2-3-4-11-5-7-12(8-6-11)14(17)15-13(16)9-10-18-15/h5-10,14,17H,2-4H2,1H3. The first kappa shape index (κ1) is 13.6. The van der Waals surface area contributed by atoms with Gasteiger partial charge in [0.05, 0.1) is 9.90 Å². The van der Waals surface area contributed by atoms with E-state index in [9.17, 15) is 5.11 Å². The summed E-state index contributed by atoms with van der Waals surface area (Å²) in [5, 5.41) is 12.8. The Bertz CT molecular complexity index is 489. The molecule has 0 fully saturated rings. The number of rotatable bonds is 5. The zero-order valence-corrected chi connectivity index (χ0v) is 12.0. The number of halogens is 1. The zero-order valence-electron chi connectivity index (χ0n) is 10.4. The second kappa shape index (κ2) is 6.37. The number of thiophene rings is 1. The van der Waals surface area contributed by atoms with Crippen LogP contribution in [0.5, 0.6) is 0 Å². The minimum atomic E-state index is -0.613. The highest BCUT2D eigenvalue weighted by Gasteiger charge is 2.14. The molecular weight excluding hydrogens is 264 g/mol. The maximum atomic E-state index is 10.3. The van der Waals surface area contributed by atoms with Crippen molar-refractivity contribution in [3.63, 3.8) is 0 Å². The van der Waals surface area contributed by atoms with Crippen molar-refractivity contribution in [3.05, 3.63) is 56.7 Å². The van der Waals surface area contributed by atoms with Gasteiger partial charge in [0, 0.05) is 0 Å². The smallest absolute Gasteiger partial charge is 0.115 e. The van der Waals surface area contributed by atoms with Crippen molar-refractivity contribution in [1.82, 2.24) is 0 Å². The molecule has 1 aromatic heterocycles. The van der Waals surface area contributed by atoms with E-state index in [-0.39, 0.29) is 0 Å². The lowest BCUT2D eigenvalue weighted by molar-refractivity contribution is 0.224. The van der Waals surface area contributed by atoms with Crippen LogP contribution in [0, 0.1) is 0 Å². The van der Waals surface area contributed by atoms with Crippen molar-refractivity contribution in [2.75, 3.05) is 0 Å². The largest absolute Gasteiger partial charge is 0.383 e. The molecule has 1 N–H and O–H groups in total. The Morgan fingerprint density at radius 3 is 2.50 bits per heavy atom. The summed E-state index contributed by atoms with van der Waals surface area (Å²) < 4.78 is 0. The van der Waals surface area contributed by atoms with Gasteiger partial charge in [-0.25, -0.2) is 0 Å². The van der Waals surface area contributed by atoms with Crippen LogP contribution in [0.1, 0.15) is 41.9 Å². The Morgan fingerprint density at radius 1 is 1.22 bits per heavy atom. The molecule has 1 heterocycles. The molecule has 1 nitrogen and oxygen atoms in total. The fourth-order valence-electron chi connectivity index (χ4n) is 1.90. The van der Waals surface area contributed by atoms with Crippen LogP contribution >= 0.6 is 22.9 Å². The summed E-state index contributed by atoms with van der Waals surface area (Å²) in [7, 11) is 0. The van der Waals surface area contributed by atoms with E-state index in [1.54, 1.807) is 0 Å². The van der Waals surface area contributed by atoms with Crippen molar-refractivity contribution in [2.45, 2.75) is 32.3 Å². The highest BCUT2D eigenvalue weighted by molar-refractivity contribution is 7.10. The fourth-order valence-corrected chi connectivity index (χ4v) is 3.07. The molecule has 0 aliphatic heterocycles. The average molecular weight is 281 g/mol. The SMILES string of the molecule is CCCCc1ccc(C(O)c2sccc2Cl)cc1. The van der Waals surface area contributed by atoms with Gasteiger partial charge in [0.25, 0.3) is 0 Å². The lowest BCUT2D eigenvalue weighted by Crippen LogP contribution is -1.98. The van der Waals surface area contributed by atoms with E-state index in [4.69, 9.17) is 11.6 Å². The number of benzene rings is 1. The molecule has 1 unspecified atom stereocenters. The van der Waals surface area contributed by atoms with Crippen LogP contribution in [0.15, 0.2) is 35.7 Å². The maximum Gasteiger partial charge on any atom is 0.115 e. The van der Waals surface area contributed by atoms with Gasteiger partial charge >= 0.3 is 0 Å². The molecule has 2 aromatic rings. The van der Waals surface area contributed by atoms with E-state index in [1.165, 1.54) is 29.7 Å². The third kappa shape index (κ3) is 3.14. The molecule has 3 heteroatoms. The van der Waals surface area contributed by atoms with Crippen LogP contribution in [0.4, 0.5) is 0 Å². The number of hydrogen-bond acceptors (Lipinski definition) is 2. The first-order valence-corrected chi connectivity index (χ1v) is 7.48. The van der Waals surface area contributed by atoms with Crippen molar-refractivity contribution in [3.8, 4) is 0 Å². The third-order valence-corrected chi connectivity index (χ3v) is 4.42. The van der Waals surface area contributed by atoms with Crippen molar-refractivity contribution >= 4 is 22.9 Å². The van der Waals surface area contributed by atoms with Gasteiger partial charge in [-0.1, -0.05) is 49.2 Å². The van der Waals surface area contributed by atoms with E-state index < -0.39 is 6.10 Å². The normalized spacial score (nSPS) is 12.6. The third-order valence-electron chi connectivity index (χ3n) is 3.01. The number of aliphatic hydroxyl groups is 1. The van der Waals surface area contributed by atoms with E-state index >= 15 is 0 Å². The molecule has 1 atom stereocenters. The van der Waals surface area contributed by atoms with Crippen LogP contribution < -0.4 is 0 Å². The second-order valence-electron chi connectivity index (χ2n) is 4.38. The molecule has 1 aromatic carbocycles. The molecule has 0 saturated carbocycles. The predicted octanol–water partition coefficient (Wildman–Crippen LogP) is 4.83. The van der Waals surface area contributed by atoms with Crippen LogP contribution in [0.25, 0.3) is 0 Å². The maximum absolute atomic E-state index is 10.3. The molecular formula is C15H17ClOS. The van der Waals surface area contributed by atoms with Gasteiger partial charge in [-0.2, -0.15) is 0 Å². The summed E-state index contributed by atoms with van der Waals surface area (Å²) in [6.07, 6.45) is 2.90. The van der Waals surface area contributed by atoms with E-state index in [0.717, 1.165) is 16.9 Å². The average Bonchev–Trinajstić information content (AvgIpc) is 2.82. The zero-order chi connectivity index (χ0) is 13.0. The van der Waals surface area contributed by atoms with E-state index in [2.05, 4.69) is 19.1 Å². The summed E-state index contributed by atoms with van der Waals surface area (Å²) >= 11 is 7.52. The first-order valence-electron chi connectivity index (χ1n) is 6.22. The molecule has 96 valence electrons. The van der Waals surface area contributed by atoms with Gasteiger partial charge < -0.3 is 5.11 Å². The number of hydrogen-bond donors (Lipinski definition) is 1. The molecule has 0 radical (unpaired) electrons. The topological polar surface area (TPSA) is 20.2 Å². The Hall–Kier alpha value is -0.830.